The fourth-order valence-corrected chi connectivity index (χ4v) is 4.02. The third-order valence-corrected chi connectivity index (χ3v) is 5.95. The largest absolute Gasteiger partial charge is 0.351 e. The minimum Gasteiger partial charge on any atom is -0.351 e. The summed E-state index contributed by atoms with van der Waals surface area (Å²) in [5.74, 6) is 1.37. The van der Waals surface area contributed by atoms with Crippen LogP contribution in [0.15, 0.2) is 12.1 Å². The van der Waals surface area contributed by atoms with E-state index in [1.807, 2.05) is 0 Å². The van der Waals surface area contributed by atoms with E-state index in [1.54, 1.807) is 0 Å². The Labute approximate surface area is 167 Å². The summed E-state index contributed by atoms with van der Waals surface area (Å²) in [7, 11) is 0. The summed E-state index contributed by atoms with van der Waals surface area (Å²) >= 11 is 0. The van der Waals surface area contributed by atoms with Crippen LogP contribution in [0.5, 0.6) is 0 Å². The normalized spacial score (nSPS) is 13.4. The summed E-state index contributed by atoms with van der Waals surface area (Å²) in [5.41, 5.74) is 10.3. The van der Waals surface area contributed by atoms with Gasteiger partial charge in [0.2, 0.25) is 0 Å². The van der Waals surface area contributed by atoms with E-state index in [4.69, 9.17) is 5.73 Å². The molecule has 0 heterocycles. The molecular weight excluding hydrogens is 332 g/mol. The van der Waals surface area contributed by atoms with E-state index in [2.05, 4.69) is 52.1 Å². The highest BCUT2D eigenvalue weighted by molar-refractivity contribution is 5.90. The van der Waals surface area contributed by atoms with Crippen LogP contribution in [0.1, 0.15) is 95.8 Å². The van der Waals surface area contributed by atoms with Crippen molar-refractivity contribution < 1.29 is 4.79 Å². The first-order valence-electron chi connectivity index (χ1n) is 11.1. The Kier molecular flexibility index (Phi) is 11.2. The molecule has 1 rings (SSSR count). The van der Waals surface area contributed by atoms with E-state index in [0.29, 0.717) is 11.8 Å². The smallest absolute Gasteiger partial charge is 0.316 e. The number of unbranched alkanes of at least 4 members (excludes halogenated alkanes) is 2. The second-order valence-electron chi connectivity index (χ2n) is 8.13. The van der Waals surface area contributed by atoms with E-state index < -0.39 is 6.03 Å². The molecule has 1 aromatic carbocycles. The number of hydrogen-bond donors (Lipinski definition) is 2. The lowest BCUT2D eigenvalue weighted by Gasteiger charge is -2.24. The Morgan fingerprint density at radius 1 is 0.963 bits per heavy atom. The Morgan fingerprint density at radius 3 is 2.00 bits per heavy atom. The van der Waals surface area contributed by atoms with Crippen molar-refractivity contribution in [3.8, 4) is 0 Å². The average molecular weight is 375 g/mol. The molecule has 0 aliphatic rings. The Balaban J connectivity index is 3.21. The predicted molar refractivity (Wildman–Crippen MR) is 118 cm³/mol. The number of carbonyl (C=O) groups is 1. The first-order valence-corrected chi connectivity index (χ1v) is 11.1. The van der Waals surface area contributed by atoms with Crippen LogP contribution in [-0.2, 0) is 12.8 Å². The fourth-order valence-electron chi connectivity index (χ4n) is 4.02. The summed E-state index contributed by atoms with van der Waals surface area (Å²) < 4.78 is 0. The molecule has 0 saturated carbocycles. The molecule has 154 valence electrons. The maximum Gasteiger partial charge on any atom is 0.316 e. The first-order chi connectivity index (χ1) is 13.0. The zero-order chi connectivity index (χ0) is 20.2. The summed E-state index contributed by atoms with van der Waals surface area (Å²) in [5, 5.41) is 2.94. The van der Waals surface area contributed by atoms with Crippen molar-refractivity contribution in [2.45, 2.75) is 98.8 Å². The van der Waals surface area contributed by atoms with Gasteiger partial charge in [-0.05, 0) is 48.3 Å². The number of anilines is 1. The second-order valence-corrected chi connectivity index (χ2v) is 8.13. The van der Waals surface area contributed by atoms with Gasteiger partial charge in [0, 0.05) is 5.69 Å². The van der Waals surface area contributed by atoms with Crippen molar-refractivity contribution in [1.82, 2.24) is 0 Å². The maximum atomic E-state index is 11.6. The van der Waals surface area contributed by atoms with Crippen LogP contribution in [0.4, 0.5) is 10.5 Å². The molecule has 3 N–H and O–H groups in total. The van der Waals surface area contributed by atoms with Crippen molar-refractivity contribution in [2.24, 2.45) is 17.6 Å². The van der Waals surface area contributed by atoms with Gasteiger partial charge in [-0.3, -0.25) is 0 Å². The van der Waals surface area contributed by atoms with E-state index in [9.17, 15) is 4.79 Å². The lowest BCUT2D eigenvalue weighted by molar-refractivity contribution is 0.259. The molecule has 0 aromatic heterocycles. The molecular formula is C24H42N2O. The van der Waals surface area contributed by atoms with Crippen molar-refractivity contribution >= 4 is 11.7 Å². The van der Waals surface area contributed by atoms with Crippen molar-refractivity contribution in [3.05, 3.63) is 28.8 Å². The number of nitrogens with one attached hydrogen (secondary N) is 1. The van der Waals surface area contributed by atoms with Crippen LogP contribution >= 0.6 is 0 Å². The first kappa shape index (κ1) is 23.5. The van der Waals surface area contributed by atoms with Crippen LogP contribution in [-0.4, -0.2) is 6.03 Å². The van der Waals surface area contributed by atoms with Crippen LogP contribution in [0.25, 0.3) is 0 Å². The summed E-state index contributed by atoms with van der Waals surface area (Å²) in [6.07, 6.45) is 12.1. The van der Waals surface area contributed by atoms with E-state index in [1.165, 1.54) is 62.5 Å². The molecule has 3 nitrogen and oxygen atoms in total. The van der Waals surface area contributed by atoms with E-state index in [0.717, 1.165) is 24.1 Å². The lowest BCUT2D eigenvalue weighted by Crippen LogP contribution is -2.22. The van der Waals surface area contributed by atoms with E-state index >= 15 is 0 Å². The molecule has 27 heavy (non-hydrogen) atoms. The molecule has 2 unspecified atom stereocenters. The number of urea groups is 1. The van der Waals surface area contributed by atoms with Gasteiger partial charge in [-0.2, -0.15) is 0 Å². The van der Waals surface area contributed by atoms with Crippen molar-refractivity contribution in [3.63, 3.8) is 0 Å². The molecule has 0 fully saturated rings. The standard InChI is InChI=1S/C24H42N2O/c1-6-10-12-19(8-3)16-21-15-14-18(5)23(26-24(25)27)22(21)17-20(9-4)13-11-7-2/h14-15,19-20H,6-13,16-17H2,1-5H3,(H3,25,26,27). The number of aryl methyl sites for hydroxylation is 1. The second kappa shape index (κ2) is 12.8. The van der Waals surface area contributed by atoms with Crippen LogP contribution in [0.3, 0.4) is 0 Å². The van der Waals surface area contributed by atoms with Gasteiger partial charge in [0.05, 0.1) is 0 Å². The van der Waals surface area contributed by atoms with Crippen LogP contribution < -0.4 is 11.1 Å². The Bertz CT molecular complexity index is 568. The van der Waals surface area contributed by atoms with Gasteiger partial charge in [-0.25, -0.2) is 4.79 Å². The number of benzene rings is 1. The predicted octanol–water partition coefficient (Wildman–Crippen LogP) is 7.00. The van der Waals surface area contributed by atoms with Gasteiger partial charge < -0.3 is 11.1 Å². The number of amides is 2. The van der Waals surface area contributed by atoms with Crippen molar-refractivity contribution in [2.75, 3.05) is 5.32 Å². The zero-order valence-corrected chi connectivity index (χ0v) is 18.4. The molecule has 0 spiro atoms. The molecule has 0 bridgehead atoms. The topological polar surface area (TPSA) is 55.1 Å². The van der Waals surface area contributed by atoms with Crippen LogP contribution in [0, 0.1) is 18.8 Å². The summed E-state index contributed by atoms with van der Waals surface area (Å²) in [6.45, 7) is 11.2. The highest BCUT2D eigenvalue weighted by Gasteiger charge is 2.19. The van der Waals surface area contributed by atoms with Gasteiger partial charge >= 0.3 is 6.03 Å². The third kappa shape index (κ3) is 7.94. The molecule has 2 amide bonds. The quantitative estimate of drug-likeness (QED) is 0.383. The van der Waals surface area contributed by atoms with Gasteiger partial charge in [0.25, 0.3) is 0 Å². The third-order valence-electron chi connectivity index (χ3n) is 5.95. The van der Waals surface area contributed by atoms with Gasteiger partial charge in [-0.15, -0.1) is 0 Å². The molecule has 0 radical (unpaired) electrons. The van der Waals surface area contributed by atoms with Gasteiger partial charge in [0.15, 0.2) is 0 Å². The number of rotatable bonds is 13. The van der Waals surface area contributed by atoms with Gasteiger partial charge in [0.1, 0.15) is 0 Å². The molecule has 0 saturated heterocycles. The molecule has 2 atom stereocenters. The number of carbonyl (C=O) groups excluding carboxylic acids is 1. The molecule has 3 heteroatoms. The molecule has 0 aliphatic heterocycles. The Hall–Kier alpha value is -1.51. The van der Waals surface area contributed by atoms with E-state index in [-0.39, 0.29) is 0 Å². The highest BCUT2D eigenvalue weighted by Crippen LogP contribution is 2.32. The SMILES string of the molecule is CCCCC(CC)Cc1ccc(C)c(NC(N)=O)c1CC(CC)CCCC. The zero-order valence-electron chi connectivity index (χ0n) is 18.4. The lowest BCUT2D eigenvalue weighted by atomic mass is 9.84. The Morgan fingerprint density at radius 2 is 1.52 bits per heavy atom. The molecule has 1 aromatic rings. The summed E-state index contributed by atoms with van der Waals surface area (Å²) in [4.78, 5) is 11.6. The maximum absolute atomic E-state index is 11.6. The average Bonchev–Trinajstić information content (AvgIpc) is 2.65. The minimum absolute atomic E-state index is 0.462. The fraction of sp³-hybridized carbons (Fsp3) is 0.708. The van der Waals surface area contributed by atoms with Crippen LogP contribution in [0.2, 0.25) is 0 Å². The van der Waals surface area contributed by atoms with Crippen molar-refractivity contribution in [1.29, 1.82) is 0 Å². The monoisotopic (exact) mass is 374 g/mol. The minimum atomic E-state index is -0.462. The number of nitrogens with two attached hydrogens (primary N) is 1. The molecule has 0 aliphatic carbocycles. The number of hydrogen-bond acceptors (Lipinski definition) is 1. The number of primary amides is 1. The highest BCUT2D eigenvalue weighted by atomic mass is 16.2. The summed E-state index contributed by atoms with van der Waals surface area (Å²) in [6, 6.07) is 3.97. The van der Waals surface area contributed by atoms with Gasteiger partial charge in [-0.1, -0.05) is 91.2 Å².